The van der Waals surface area contributed by atoms with Crippen molar-refractivity contribution in [2.75, 3.05) is 0 Å². The monoisotopic (exact) mass is 508 g/mol. The van der Waals surface area contributed by atoms with Crippen molar-refractivity contribution in [1.29, 1.82) is 0 Å². The van der Waals surface area contributed by atoms with Crippen LogP contribution in [0.1, 0.15) is 5.56 Å². The van der Waals surface area contributed by atoms with Crippen LogP contribution < -0.4 is 0 Å². The molecule has 0 spiro atoms. The molecule has 6 nitrogen and oxygen atoms in total. The highest BCUT2D eigenvalue weighted by Crippen LogP contribution is 2.36. The lowest BCUT2D eigenvalue weighted by atomic mass is 10.2. The average Bonchev–Trinajstić information content (AvgIpc) is 2.49. The van der Waals surface area contributed by atoms with Gasteiger partial charge in [0.25, 0.3) is 11.4 Å². The topological polar surface area (TPSA) is 86.3 Å². The van der Waals surface area contributed by atoms with Crippen molar-refractivity contribution in [2.45, 2.75) is 6.18 Å². The average molecular weight is 509 g/mol. The fourth-order valence-corrected chi connectivity index (χ4v) is 2.24. The van der Waals surface area contributed by atoms with Crippen molar-refractivity contribution in [2.24, 2.45) is 0 Å². The van der Waals surface area contributed by atoms with Gasteiger partial charge in [0.2, 0.25) is 0 Å². The van der Waals surface area contributed by atoms with Crippen LogP contribution in [0.15, 0.2) is 36.4 Å². The quantitative estimate of drug-likeness (QED) is 0.278. The molecule has 0 fully saturated rings. The van der Waals surface area contributed by atoms with Crippen molar-refractivity contribution in [1.82, 2.24) is 0 Å². The number of nitrogens with zero attached hydrogens (tertiary/aromatic N) is 2. The summed E-state index contributed by atoms with van der Waals surface area (Å²) in [6.07, 6.45) is -4.59. The number of benzene rings is 2. The molecule has 0 bridgehead atoms. The summed E-state index contributed by atoms with van der Waals surface area (Å²) in [6.45, 7) is 0. The Morgan fingerprint density at radius 2 is 1.32 bits per heavy atom. The summed E-state index contributed by atoms with van der Waals surface area (Å²) in [5.74, 6) is 0. The molecule has 134 valence electrons. The van der Waals surface area contributed by atoms with Crippen LogP contribution in [-0.4, -0.2) is 9.85 Å². The number of alkyl halides is 3. The normalized spacial score (nSPS) is 10.6. The van der Waals surface area contributed by atoms with Crippen LogP contribution >= 0.6 is 45.8 Å². The Morgan fingerprint density at radius 3 is 1.68 bits per heavy atom. The van der Waals surface area contributed by atoms with Crippen LogP contribution in [0, 0.1) is 23.8 Å². The number of nitro benzene ring substituents is 2. The highest BCUT2D eigenvalue weighted by atomic mass is 127. The third kappa shape index (κ3) is 6.29. The molecular formula is C13H6Cl2F3IN2O4. The van der Waals surface area contributed by atoms with Gasteiger partial charge in [0.15, 0.2) is 0 Å². The second-order valence-corrected chi connectivity index (χ2v) is 6.25. The van der Waals surface area contributed by atoms with Gasteiger partial charge in [-0.3, -0.25) is 20.2 Å². The van der Waals surface area contributed by atoms with Crippen molar-refractivity contribution >= 4 is 57.2 Å². The van der Waals surface area contributed by atoms with Crippen LogP contribution in [0.2, 0.25) is 10.0 Å². The summed E-state index contributed by atoms with van der Waals surface area (Å²) in [4.78, 5) is 19.1. The number of hydrogen-bond donors (Lipinski definition) is 0. The fraction of sp³-hybridized carbons (Fsp3) is 0.0769. The van der Waals surface area contributed by atoms with E-state index in [4.69, 9.17) is 23.2 Å². The molecule has 25 heavy (non-hydrogen) atoms. The molecule has 0 aliphatic rings. The van der Waals surface area contributed by atoms with Crippen LogP contribution in [0.4, 0.5) is 24.5 Å². The van der Waals surface area contributed by atoms with Gasteiger partial charge in [-0.25, -0.2) is 0 Å². The number of halogens is 6. The molecule has 2 aromatic carbocycles. The molecular weight excluding hydrogens is 503 g/mol. The zero-order chi connectivity index (χ0) is 19.4. The number of rotatable bonds is 2. The van der Waals surface area contributed by atoms with Crippen LogP contribution in [0.5, 0.6) is 0 Å². The second kappa shape index (κ2) is 8.63. The SMILES string of the molecule is O=[N+]([O-])c1ccc(C(F)(F)F)c(Cl)c1.O=[N+]([O-])c1ccc(I)c(Cl)c1. The number of hydrogen-bond acceptors (Lipinski definition) is 4. The van der Waals surface area contributed by atoms with E-state index in [-0.39, 0.29) is 5.69 Å². The highest BCUT2D eigenvalue weighted by molar-refractivity contribution is 14.1. The largest absolute Gasteiger partial charge is 0.417 e. The first-order chi connectivity index (χ1) is 11.4. The predicted octanol–water partition coefficient (Wildman–Crippen LogP) is 6.12. The van der Waals surface area contributed by atoms with Crippen molar-refractivity contribution in [3.8, 4) is 0 Å². The molecule has 12 heteroatoms. The van der Waals surface area contributed by atoms with Crippen LogP contribution in [0.3, 0.4) is 0 Å². The van der Waals surface area contributed by atoms with Crippen molar-refractivity contribution in [3.63, 3.8) is 0 Å². The van der Waals surface area contributed by atoms with Crippen molar-refractivity contribution < 1.29 is 23.0 Å². The summed E-state index contributed by atoms with van der Waals surface area (Å²) in [5, 5.41) is 20.1. The van der Waals surface area contributed by atoms with Gasteiger partial charge >= 0.3 is 6.18 Å². The van der Waals surface area contributed by atoms with E-state index in [0.29, 0.717) is 17.2 Å². The first-order valence-electron chi connectivity index (χ1n) is 6.04. The lowest BCUT2D eigenvalue weighted by Gasteiger charge is -2.07. The zero-order valence-electron chi connectivity index (χ0n) is 11.8. The summed E-state index contributed by atoms with van der Waals surface area (Å²) in [7, 11) is 0. The van der Waals surface area contributed by atoms with Crippen molar-refractivity contribution in [3.05, 3.63) is 75.8 Å². The maximum absolute atomic E-state index is 12.1. The Balaban J connectivity index is 0.000000257. The van der Waals surface area contributed by atoms with Crippen LogP contribution in [-0.2, 0) is 6.18 Å². The summed E-state index contributed by atoms with van der Waals surface area (Å²) >= 11 is 12.9. The maximum atomic E-state index is 12.1. The molecule has 0 radical (unpaired) electrons. The molecule has 0 aliphatic heterocycles. The number of nitro groups is 2. The first kappa shape index (κ1) is 21.4. The fourth-order valence-electron chi connectivity index (χ4n) is 1.45. The van der Waals surface area contributed by atoms with Gasteiger partial charge in [0.05, 0.1) is 25.5 Å². The van der Waals surface area contributed by atoms with Gasteiger partial charge in [0, 0.05) is 27.8 Å². The number of non-ortho nitro benzene ring substituents is 2. The Hall–Kier alpha value is -1.66. The van der Waals surface area contributed by atoms with Gasteiger partial charge in [-0.05, 0) is 34.7 Å². The van der Waals surface area contributed by atoms with Gasteiger partial charge in [-0.2, -0.15) is 13.2 Å². The third-order valence-electron chi connectivity index (χ3n) is 2.58. The summed E-state index contributed by atoms with van der Waals surface area (Å²) in [5.41, 5.74) is -1.52. The van der Waals surface area contributed by atoms with E-state index < -0.39 is 32.3 Å². The molecule has 0 amide bonds. The van der Waals surface area contributed by atoms with E-state index in [0.717, 1.165) is 9.64 Å². The summed E-state index contributed by atoms with van der Waals surface area (Å²) < 4.78 is 37.2. The molecule has 0 saturated heterocycles. The molecule has 2 rings (SSSR count). The minimum absolute atomic E-state index is 0.0235. The van der Waals surface area contributed by atoms with Gasteiger partial charge in [-0.15, -0.1) is 0 Å². The minimum Gasteiger partial charge on any atom is -0.258 e. The molecule has 0 atom stereocenters. The molecule has 0 heterocycles. The van der Waals surface area contributed by atoms with E-state index in [9.17, 15) is 33.4 Å². The second-order valence-electron chi connectivity index (χ2n) is 4.27. The standard InChI is InChI=1S/C7H3ClF3NO2.C6H3ClINO2/c8-6-3-4(12(13)14)1-2-5(6)7(9,10)11;7-5-3-4(9(10)11)1-2-6(5)8/h1-3H;1-3H. The molecule has 0 aliphatic carbocycles. The molecule has 0 aromatic heterocycles. The highest BCUT2D eigenvalue weighted by Gasteiger charge is 2.33. The Labute approximate surface area is 162 Å². The van der Waals surface area contributed by atoms with E-state index in [1.807, 2.05) is 22.6 Å². The first-order valence-corrected chi connectivity index (χ1v) is 7.87. The summed E-state index contributed by atoms with van der Waals surface area (Å²) in [6, 6.07) is 6.39. The predicted molar refractivity (Wildman–Crippen MR) is 93.9 cm³/mol. The smallest absolute Gasteiger partial charge is 0.258 e. The van der Waals surface area contributed by atoms with E-state index >= 15 is 0 Å². The van der Waals surface area contributed by atoms with Gasteiger partial charge < -0.3 is 0 Å². The van der Waals surface area contributed by atoms with Gasteiger partial charge in [0.1, 0.15) is 0 Å². The molecule has 0 saturated carbocycles. The van der Waals surface area contributed by atoms with Crippen LogP contribution in [0.25, 0.3) is 0 Å². The molecule has 0 unspecified atom stereocenters. The molecule has 0 N–H and O–H groups in total. The Bertz CT molecular complexity index is 818. The van der Waals surface area contributed by atoms with E-state index in [1.165, 1.54) is 12.1 Å². The Kier molecular flexibility index (Phi) is 7.38. The van der Waals surface area contributed by atoms with Gasteiger partial charge in [-0.1, -0.05) is 23.2 Å². The van der Waals surface area contributed by atoms with E-state index in [1.54, 1.807) is 6.07 Å². The zero-order valence-corrected chi connectivity index (χ0v) is 15.4. The minimum atomic E-state index is -4.59. The Morgan fingerprint density at radius 1 is 0.880 bits per heavy atom. The molecule has 2 aromatic rings. The lowest BCUT2D eigenvalue weighted by molar-refractivity contribution is -0.385. The third-order valence-corrected chi connectivity index (χ3v) is 4.47. The maximum Gasteiger partial charge on any atom is 0.417 e. The van der Waals surface area contributed by atoms with E-state index in [2.05, 4.69) is 0 Å². The lowest BCUT2D eigenvalue weighted by Crippen LogP contribution is -2.05.